The number of piperazine rings is 2. The van der Waals surface area contributed by atoms with Crippen molar-refractivity contribution in [2.24, 2.45) is 0 Å². The van der Waals surface area contributed by atoms with E-state index in [1.807, 2.05) is 35.4 Å². The van der Waals surface area contributed by atoms with E-state index in [0.717, 1.165) is 57.1 Å². The molecule has 2 saturated heterocycles. The van der Waals surface area contributed by atoms with E-state index < -0.39 is 0 Å². The van der Waals surface area contributed by atoms with Gasteiger partial charge in [0.1, 0.15) is 0 Å². The minimum atomic E-state index is -0.0618. The number of amides is 2. The predicted molar refractivity (Wildman–Crippen MR) is 116 cm³/mol. The second-order valence-electron chi connectivity index (χ2n) is 7.60. The van der Waals surface area contributed by atoms with Crippen LogP contribution in [0.25, 0.3) is 0 Å². The molecule has 1 atom stereocenters. The van der Waals surface area contributed by atoms with Crippen LogP contribution >= 0.6 is 0 Å². The molecule has 0 aliphatic carbocycles. The molecule has 4 rings (SSSR count). The lowest BCUT2D eigenvalue weighted by molar-refractivity contribution is 0.171. The third-order valence-electron chi connectivity index (χ3n) is 5.86. The second kappa shape index (κ2) is 9.24. The third-order valence-corrected chi connectivity index (χ3v) is 5.86. The van der Waals surface area contributed by atoms with Gasteiger partial charge < -0.3 is 25.3 Å². The molecule has 2 aliphatic rings. The SMILES string of the molecule is CCN1CCN(c2cccc(NC(=O)N3CCNCC3c3cccnc3)c2)CC1. The summed E-state index contributed by atoms with van der Waals surface area (Å²) in [6.45, 7) is 9.73. The van der Waals surface area contributed by atoms with E-state index in [9.17, 15) is 4.79 Å². The van der Waals surface area contributed by atoms with Crippen LogP contribution in [-0.2, 0) is 0 Å². The maximum Gasteiger partial charge on any atom is 0.322 e. The molecule has 1 unspecified atom stereocenters. The molecule has 2 aliphatic heterocycles. The summed E-state index contributed by atoms with van der Waals surface area (Å²) in [6, 6.07) is 12.1. The van der Waals surface area contributed by atoms with E-state index in [1.165, 1.54) is 5.69 Å². The van der Waals surface area contributed by atoms with Crippen molar-refractivity contribution in [3.05, 3.63) is 54.4 Å². The van der Waals surface area contributed by atoms with Crippen LogP contribution < -0.4 is 15.5 Å². The summed E-state index contributed by atoms with van der Waals surface area (Å²) in [6.07, 6.45) is 3.60. The number of urea groups is 1. The zero-order chi connectivity index (χ0) is 20.1. The van der Waals surface area contributed by atoms with E-state index in [-0.39, 0.29) is 12.1 Å². The summed E-state index contributed by atoms with van der Waals surface area (Å²) >= 11 is 0. The zero-order valence-corrected chi connectivity index (χ0v) is 17.1. The molecule has 2 amide bonds. The zero-order valence-electron chi connectivity index (χ0n) is 17.1. The largest absolute Gasteiger partial charge is 0.369 e. The maximum atomic E-state index is 13.1. The molecule has 29 heavy (non-hydrogen) atoms. The lowest BCUT2D eigenvalue weighted by Gasteiger charge is -2.37. The smallest absolute Gasteiger partial charge is 0.322 e. The minimum Gasteiger partial charge on any atom is -0.369 e. The Morgan fingerprint density at radius 3 is 2.79 bits per heavy atom. The van der Waals surface area contributed by atoms with Gasteiger partial charge in [-0.1, -0.05) is 19.1 Å². The highest BCUT2D eigenvalue weighted by molar-refractivity contribution is 5.90. The number of pyridine rings is 1. The summed E-state index contributed by atoms with van der Waals surface area (Å²) in [7, 11) is 0. The highest BCUT2D eigenvalue weighted by Crippen LogP contribution is 2.24. The molecule has 0 bridgehead atoms. The number of benzene rings is 1. The molecule has 1 aromatic heterocycles. The van der Waals surface area contributed by atoms with E-state index in [0.29, 0.717) is 6.54 Å². The van der Waals surface area contributed by atoms with Crippen molar-refractivity contribution in [3.8, 4) is 0 Å². The molecule has 2 fully saturated rings. The van der Waals surface area contributed by atoms with Crippen LogP contribution in [0, 0.1) is 0 Å². The maximum absolute atomic E-state index is 13.1. The molecule has 2 aromatic rings. The number of rotatable bonds is 4. The van der Waals surface area contributed by atoms with Crippen molar-refractivity contribution >= 4 is 17.4 Å². The predicted octanol–water partition coefficient (Wildman–Crippen LogP) is 2.40. The number of likely N-dealkylation sites (N-methyl/N-ethyl adjacent to an activating group) is 1. The van der Waals surface area contributed by atoms with Gasteiger partial charge in [0.05, 0.1) is 6.04 Å². The molecule has 0 saturated carbocycles. The molecule has 0 radical (unpaired) electrons. The number of aromatic nitrogens is 1. The first-order chi connectivity index (χ1) is 14.2. The fourth-order valence-corrected chi connectivity index (χ4v) is 4.12. The fourth-order valence-electron chi connectivity index (χ4n) is 4.12. The van der Waals surface area contributed by atoms with Gasteiger partial charge in [0, 0.05) is 69.6 Å². The quantitative estimate of drug-likeness (QED) is 0.834. The van der Waals surface area contributed by atoms with Gasteiger partial charge in [0.2, 0.25) is 0 Å². The van der Waals surface area contributed by atoms with Crippen molar-refractivity contribution < 1.29 is 4.79 Å². The van der Waals surface area contributed by atoms with E-state index in [1.54, 1.807) is 6.20 Å². The molecular weight excluding hydrogens is 364 g/mol. The molecule has 1 aromatic carbocycles. The van der Waals surface area contributed by atoms with Crippen LogP contribution in [0.1, 0.15) is 18.5 Å². The summed E-state index contributed by atoms with van der Waals surface area (Å²) in [5.74, 6) is 0. The number of carbonyl (C=O) groups is 1. The van der Waals surface area contributed by atoms with Crippen molar-refractivity contribution in [3.63, 3.8) is 0 Å². The highest BCUT2D eigenvalue weighted by atomic mass is 16.2. The first kappa shape index (κ1) is 19.7. The van der Waals surface area contributed by atoms with E-state index >= 15 is 0 Å². The van der Waals surface area contributed by atoms with Gasteiger partial charge in [-0.3, -0.25) is 4.98 Å². The Labute approximate surface area is 172 Å². The van der Waals surface area contributed by atoms with Crippen LogP contribution in [-0.4, -0.2) is 73.2 Å². The first-order valence-electron chi connectivity index (χ1n) is 10.5. The molecular formula is C22H30N6O. The van der Waals surface area contributed by atoms with Crippen molar-refractivity contribution in [2.45, 2.75) is 13.0 Å². The van der Waals surface area contributed by atoms with Gasteiger partial charge in [-0.05, 0) is 36.4 Å². The van der Waals surface area contributed by atoms with E-state index in [4.69, 9.17) is 0 Å². The summed E-state index contributed by atoms with van der Waals surface area (Å²) < 4.78 is 0. The Bertz CT molecular complexity index is 806. The number of nitrogens with zero attached hydrogens (tertiary/aromatic N) is 4. The van der Waals surface area contributed by atoms with Crippen LogP contribution in [0.3, 0.4) is 0 Å². The average molecular weight is 395 g/mol. The van der Waals surface area contributed by atoms with Crippen LogP contribution in [0.15, 0.2) is 48.8 Å². The van der Waals surface area contributed by atoms with Gasteiger partial charge in [-0.15, -0.1) is 0 Å². The van der Waals surface area contributed by atoms with Crippen molar-refractivity contribution in [1.29, 1.82) is 0 Å². The fraction of sp³-hybridized carbons (Fsp3) is 0.455. The normalized spacial score (nSPS) is 20.5. The lowest BCUT2D eigenvalue weighted by atomic mass is 10.1. The topological polar surface area (TPSA) is 63.7 Å². The Hall–Kier alpha value is -2.64. The van der Waals surface area contributed by atoms with Crippen molar-refractivity contribution in [1.82, 2.24) is 20.1 Å². The number of anilines is 2. The third kappa shape index (κ3) is 4.68. The van der Waals surface area contributed by atoms with Gasteiger partial charge in [-0.2, -0.15) is 0 Å². The summed E-state index contributed by atoms with van der Waals surface area (Å²) in [5.41, 5.74) is 3.06. The Morgan fingerprint density at radius 1 is 1.17 bits per heavy atom. The standard InChI is InChI=1S/C22H30N6O/c1-2-26-11-13-27(14-12-26)20-7-3-6-19(15-20)25-22(29)28-10-9-24-17-21(28)18-5-4-8-23-16-18/h3-8,15-16,21,24H,2,9-14,17H2,1H3,(H,25,29). The van der Waals surface area contributed by atoms with Gasteiger partial charge >= 0.3 is 6.03 Å². The number of hydrogen-bond acceptors (Lipinski definition) is 5. The molecule has 2 N–H and O–H groups in total. The number of carbonyl (C=O) groups excluding carboxylic acids is 1. The summed E-state index contributed by atoms with van der Waals surface area (Å²) in [5, 5.41) is 6.49. The van der Waals surface area contributed by atoms with Crippen LogP contribution in [0.2, 0.25) is 0 Å². The molecule has 154 valence electrons. The average Bonchev–Trinajstić information content (AvgIpc) is 2.80. The molecule has 7 heteroatoms. The molecule has 0 spiro atoms. The van der Waals surface area contributed by atoms with Crippen molar-refractivity contribution in [2.75, 3.05) is 62.6 Å². The van der Waals surface area contributed by atoms with Gasteiger partial charge in [-0.25, -0.2) is 4.79 Å². The molecule has 3 heterocycles. The second-order valence-corrected chi connectivity index (χ2v) is 7.60. The van der Waals surface area contributed by atoms with Crippen LogP contribution in [0.4, 0.5) is 16.2 Å². The Balaban J connectivity index is 1.44. The first-order valence-corrected chi connectivity index (χ1v) is 10.5. The number of nitrogens with one attached hydrogen (secondary N) is 2. The number of hydrogen-bond donors (Lipinski definition) is 2. The van der Waals surface area contributed by atoms with E-state index in [2.05, 4.69) is 44.5 Å². The van der Waals surface area contributed by atoms with Gasteiger partial charge in [0.25, 0.3) is 0 Å². The highest BCUT2D eigenvalue weighted by Gasteiger charge is 2.28. The summed E-state index contributed by atoms with van der Waals surface area (Å²) in [4.78, 5) is 24.0. The minimum absolute atomic E-state index is 0.0113. The van der Waals surface area contributed by atoms with Crippen LogP contribution in [0.5, 0.6) is 0 Å². The Morgan fingerprint density at radius 2 is 2.03 bits per heavy atom. The Kier molecular flexibility index (Phi) is 6.27. The monoisotopic (exact) mass is 394 g/mol. The molecule has 7 nitrogen and oxygen atoms in total. The lowest BCUT2D eigenvalue weighted by Crippen LogP contribution is -2.50. The van der Waals surface area contributed by atoms with Gasteiger partial charge in [0.15, 0.2) is 0 Å².